The van der Waals surface area contributed by atoms with Crippen LogP contribution < -0.4 is 10.4 Å². The fourth-order valence-electron chi connectivity index (χ4n) is 4.87. The first-order chi connectivity index (χ1) is 14.6. The Kier molecular flexibility index (Phi) is 4.93. The summed E-state index contributed by atoms with van der Waals surface area (Å²) in [6, 6.07) is 8.09. The molecule has 0 unspecified atom stereocenters. The van der Waals surface area contributed by atoms with E-state index in [1.807, 2.05) is 45.8 Å². The van der Waals surface area contributed by atoms with Crippen molar-refractivity contribution >= 4 is 38.0 Å². The number of halogens is 1. The molecule has 0 aliphatic heterocycles. The summed E-state index contributed by atoms with van der Waals surface area (Å²) < 4.78 is 10.3. The number of aromatic amines is 1. The Labute approximate surface area is 183 Å². The Morgan fingerprint density at radius 3 is 2.90 bits per heavy atom. The topological polar surface area (TPSA) is 64.8 Å². The van der Waals surface area contributed by atoms with E-state index in [0.29, 0.717) is 12.5 Å². The summed E-state index contributed by atoms with van der Waals surface area (Å²) in [6.07, 6.45) is 8.32. The third-order valence-electron chi connectivity index (χ3n) is 6.49. The van der Waals surface area contributed by atoms with Gasteiger partial charge in [-0.05, 0) is 48.6 Å². The standard InChI is InChI=1S/C23H25BrN4O2/c1-14-5-3-4-6-19(14)28-21-17-9-10-25-22(17)26-12-20(21)27(23(28)29)13-15-11-16(30-2)7-8-18(15)24/h7-12,14,19H,3-6,13H2,1-2H3,(H,25,26)/t14-,19+/m1/s1. The zero-order valence-corrected chi connectivity index (χ0v) is 18.8. The van der Waals surface area contributed by atoms with Gasteiger partial charge in [-0.1, -0.05) is 35.7 Å². The van der Waals surface area contributed by atoms with Crippen LogP contribution in [0.5, 0.6) is 5.75 Å². The number of hydrogen-bond acceptors (Lipinski definition) is 3. The lowest BCUT2D eigenvalue weighted by Gasteiger charge is -2.29. The highest BCUT2D eigenvalue weighted by molar-refractivity contribution is 9.10. The number of pyridine rings is 1. The summed E-state index contributed by atoms with van der Waals surface area (Å²) in [5.74, 6) is 1.25. The molecule has 1 saturated carbocycles. The summed E-state index contributed by atoms with van der Waals surface area (Å²) >= 11 is 3.63. The summed E-state index contributed by atoms with van der Waals surface area (Å²) in [5.41, 5.74) is 3.72. The molecule has 0 bridgehead atoms. The number of aromatic nitrogens is 4. The fraction of sp³-hybridized carbons (Fsp3) is 0.391. The molecule has 0 radical (unpaired) electrons. The molecule has 2 atom stereocenters. The normalized spacial score (nSPS) is 19.6. The average Bonchev–Trinajstić information content (AvgIpc) is 3.33. The molecule has 5 rings (SSSR count). The van der Waals surface area contributed by atoms with Crippen LogP contribution >= 0.6 is 15.9 Å². The van der Waals surface area contributed by atoms with Crippen molar-refractivity contribution < 1.29 is 4.74 Å². The molecule has 1 fully saturated rings. The molecule has 3 aromatic heterocycles. The van der Waals surface area contributed by atoms with E-state index in [0.717, 1.165) is 57.1 Å². The monoisotopic (exact) mass is 468 g/mol. The van der Waals surface area contributed by atoms with Crippen LogP contribution in [0.2, 0.25) is 0 Å². The first-order valence-corrected chi connectivity index (χ1v) is 11.3. The zero-order valence-electron chi connectivity index (χ0n) is 17.2. The van der Waals surface area contributed by atoms with Gasteiger partial charge in [0.05, 0.1) is 30.9 Å². The van der Waals surface area contributed by atoms with Gasteiger partial charge in [0.1, 0.15) is 11.4 Å². The highest BCUT2D eigenvalue weighted by Crippen LogP contribution is 2.36. The predicted octanol–water partition coefficient (Wildman–Crippen LogP) is 5.25. The van der Waals surface area contributed by atoms with Crippen LogP contribution in [0.15, 0.2) is 45.9 Å². The number of H-pyrrole nitrogens is 1. The molecule has 7 heteroatoms. The van der Waals surface area contributed by atoms with Gasteiger partial charge in [-0.15, -0.1) is 0 Å². The van der Waals surface area contributed by atoms with E-state index < -0.39 is 0 Å². The first kappa shape index (κ1) is 19.4. The molecule has 30 heavy (non-hydrogen) atoms. The van der Waals surface area contributed by atoms with Gasteiger partial charge in [0.15, 0.2) is 0 Å². The minimum Gasteiger partial charge on any atom is -0.497 e. The predicted molar refractivity (Wildman–Crippen MR) is 122 cm³/mol. The Morgan fingerprint density at radius 1 is 1.27 bits per heavy atom. The van der Waals surface area contributed by atoms with Gasteiger partial charge in [-0.2, -0.15) is 0 Å². The molecule has 156 valence electrons. The van der Waals surface area contributed by atoms with E-state index in [-0.39, 0.29) is 11.7 Å². The first-order valence-electron chi connectivity index (χ1n) is 10.5. The van der Waals surface area contributed by atoms with Crippen molar-refractivity contribution in [3.05, 3.63) is 57.2 Å². The van der Waals surface area contributed by atoms with E-state index in [2.05, 4.69) is 32.8 Å². The number of nitrogens with one attached hydrogen (secondary N) is 1. The summed E-state index contributed by atoms with van der Waals surface area (Å²) in [6.45, 7) is 2.73. The zero-order chi connectivity index (χ0) is 20.8. The maximum atomic E-state index is 13.8. The third kappa shape index (κ3) is 3.07. The second-order valence-electron chi connectivity index (χ2n) is 8.26. The molecule has 1 aliphatic rings. The van der Waals surface area contributed by atoms with Crippen molar-refractivity contribution in [2.45, 2.75) is 45.2 Å². The van der Waals surface area contributed by atoms with Crippen molar-refractivity contribution in [3.8, 4) is 5.75 Å². The van der Waals surface area contributed by atoms with Gasteiger partial charge in [0.2, 0.25) is 0 Å². The maximum absolute atomic E-state index is 13.8. The van der Waals surface area contributed by atoms with Crippen molar-refractivity contribution in [3.63, 3.8) is 0 Å². The Morgan fingerprint density at radius 2 is 2.10 bits per heavy atom. The minimum atomic E-state index is 0.0361. The quantitative estimate of drug-likeness (QED) is 0.444. The van der Waals surface area contributed by atoms with Gasteiger partial charge in [-0.25, -0.2) is 9.78 Å². The summed E-state index contributed by atoms with van der Waals surface area (Å²) in [4.78, 5) is 21.6. The van der Waals surface area contributed by atoms with Gasteiger partial charge >= 0.3 is 5.69 Å². The molecule has 0 saturated heterocycles. The minimum absolute atomic E-state index is 0.0361. The van der Waals surface area contributed by atoms with Gasteiger partial charge in [-0.3, -0.25) is 9.13 Å². The van der Waals surface area contributed by atoms with Crippen LogP contribution in [0, 0.1) is 5.92 Å². The molecule has 0 spiro atoms. The van der Waals surface area contributed by atoms with Gasteiger partial charge in [0.25, 0.3) is 0 Å². The van der Waals surface area contributed by atoms with Gasteiger partial charge in [0, 0.05) is 22.1 Å². The van der Waals surface area contributed by atoms with Crippen LogP contribution in [0.25, 0.3) is 22.1 Å². The molecular weight excluding hydrogens is 444 g/mol. The van der Waals surface area contributed by atoms with Crippen LogP contribution in [-0.4, -0.2) is 26.2 Å². The number of fused-ring (bicyclic) bond motifs is 3. The molecule has 4 aromatic rings. The van der Waals surface area contributed by atoms with Crippen LogP contribution in [0.4, 0.5) is 0 Å². The van der Waals surface area contributed by atoms with Crippen molar-refractivity contribution in [1.82, 2.24) is 19.1 Å². The number of benzene rings is 1. The Balaban J connectivity index is 1.75. The maximum Gasteiger partial charge on any atom is 0.329 e. The van der Waals surface area contributed by atoms with Crippen molar-refractivity contribution in [2.24, 2.45) is 5.92 Å². The number of hydrogen-bond donors (Lipinski definition) is 1. The number of nitrogens with zero attached hydrogens (tertiary/aromatic N) is 3. The summed E-state index contributed by atoms with van der Waals surface area (Å²) in [5, 5.41) is 1.01. The Hall–Kier alpha value is -2.54. The van der Waals surface area contributed by atoms with E-state index in [4.69, 9.17) is 4.74 Å². The average molecular weight is 469 g/mol. The largest absolute Gasteiger partial charge is 0.497 e. The molecule has 1 aromatic carbocycles. The highest BCUT2D eigenvalue weighted by atomic mass is 79.9. The van der Waals surface area contributed by atoms with E-state index in [1.54, 1.807) is 7.11 Å². The molecule has 1 N–H and O–H groups in total. The van der Waals surface area contributed by atoms with Crippen LogP contribution in [0.3, 0.4) is 0 Å². The number of rotatable bonds is 4. The van der Waals surface area contributed by atoms with Gasteiger partial charge < -0.3 is 9.72 Å². The number of imidazole rings is 1. The smallest absolute Gasteiger partial charge is 0.329 e. The Bertz CT molecular complexity index is 1290. The van der Waals surface area contributed by atoms with Crippen LogP contribution in [-0.2, 0) is 6.54 Å². The van der Waals surface area contributed by atoms with Crippen molar-refractivity contribution in [1.29, 1.82) is 0 Å². The lowest BCUT2D eigenvalue weighted by Crippen LogP contribution is -2.32. The van der Waals surface area contributed by atoms with E-state index in [9.17, 15) is 4.79 Å². The van der Waals surface area contributed by atoms with E-state index in [1.165, 1.54) is 6.42 Å². The van der Waals surface area contributed by atoms with Crippen LogP contribution in [0.1, 0.15) is 44.2 Å². The molecule has 0 amide bonds. The van der Waals surface area contributed by atoms with E-state index >= 15 is 0 Å². The lowest BCUT2D eigenvalue weighted by molar-refractivity contribution is 0.256. The molecule has 1 aliphatic carbocycles. The summed E-state index contributed by atoms with van der Waals surface area (Å²) in [7, 11) is 1.65. The molecular formula is C23H25BrN4O2. The third-order valence-corrected chi connectivity index (χ3v) is 7.26. The second-order valence-corrected chi connectivity index (χ2v) is 9.11. The van der Waals surface area contributed by atoms with Crippen molar-refractivity contribution in [2.75, 3.05) is 7.11 Å². The molecule has 3 heterocycles. The number of methoxy groups -OCH3 is 1. The second kappa shape index (κ2) is 7.61. The lowest BCUT2D eigenvalue weighted by atomic mass is 9.85. The SMILES string of the molecule is COc1ccc(Br)c(Cn2c(=O)n([C@H]3CCCC[C@H]3C)c3c4cc[nH]c4ncc32)c1. The number of ether oxygens (including phenoxy) is 1. The molecule has 6 nitrogen and oxygen atoms in total. The fourth-order valence-corrected chi connectivity index (χ4v) is 5.25. The highest BCUT2D eigenvalue weighted by Gasteiger charge is 2.29.